The van der Waals surface area contributed by atoms with Gasteiger partial charge in [-0.1, -0.05) is 15.9 Å². The van der Waals surface area contributed by atoms with Gasteiger partial charge in [0.05, 0.1) is 4.90 Å². The Hall–Kier alpha value is -1.77. The van der Waals surface area contributed by atoms with E-state index in [2.05, 4.69) is 21.2 Å². The van der Waals surface area contributed by atoms with E-state index >= 15 is 0 Å². The summed E-state index contributed by atoms with van der Waals surface area (Å²) in [6.07, 6.45) is 0.892. The van der Waals surface area contributed by atoms with Crippen LogP contribution in [0, 0.1) is 18.7 Å². The van der Waals surface area contributed by atoms with Crippen molar-refractivity contribution in [2.75, 3.05) is 18.4 Å². The van der Waals surface area contributed by atoms with Crippen molar-refractivity contribution in [1.82, 2.24) is 4.31 Å². The summed E-state index contributed by atoms with van der Waals surface area (Å²) < 4.78 is 40.6. The normalized spacial score (nSPS) is 16.3. The molecule has 1 fully saturated rings. The Morgan fingerprint density at radius 2 is 1.78 bits per heavy atom. The molecule has 1 aliphatic rings. The van der Waals surface area contributed by atoms with Gasteiger partial charge in [0.1, 0.15) is 5.82 Å². The number of anilines is 1. The van der Waals surface area contributed by atoms with E-state index in [1.54, 1.807) is 0 Å². The minimum atomic E-state index is -3.67. The molecule has 27 heavy (non-hydrogen) atoms. The molecule has 1 amide bonds. The van der Waals surface area contributed by atoms with Crippen molar-refractivity contribution in [3.63, 3.8) is 0 Å². The van der Waals surface area contributed by atoms with E-state index in [9.17, 15) is 17.6 Å². The van der Waals surface area contributed by atoms with Gasteiger partial charge in [-0.15, -0.1) is 0 Å². The lowest BCUT2D eigenvalue weighted by Gasteiger charge is -2.30. The third-order valence-corrected chi connectivity index (χ3v) is 7.50. The monoisotopic (exact) mass is 454 g/mol. The van der Waals surface area contributed by atoms with Crippen LogP contribution in [-0.2, 0) is 14.8 Å². The van der Waals surface area contributed by atoms with Crippen LogP contribution in [0.3, 0.4) is 0 Å². The number of nitrogens with zero attached hydrogens (tertiary/aromatic N) is 1. The highest BCUT2D eigenvalue weighted by Crippen LogP contribution is 2.26. The van der Waals surface area contributed by atoms with Crippen molar-refractivity contribution < 1.29 is 17.6 Å². The number of aryl methyl sites for hydroxylation is 1. The third kappa shape index (κ3) is 4.56. The number of hydrogen-bond acceptors (Lipinski definition) is 3. The predicted octanol–water partition coefficient (Wildman–Crippen LogP) is 3.94. The molecule has 2 aromatic rings. The standard InChI is InChI=1S/C19H20BrFN2O3S/c1-13-12-16(4-7-18(13)20)22-19(24)14-8-10-23(11-9-14)27(25,26)17-5-2-15(21)3-6-17/h2-7,12,14H,8-11H2,1H3,(H,22,24). The summed E-state index contributed by atoms with van der Waals surface area (Å²) in [5.74, 6) is -0.823. The predicted molar refractivity (Wildman–Crippen MR) is 105 cm³/mol. The Morgan fingerprint density at radius 1 is 1.15 bits per heavy atom. The summed E-state index contributed by atoms with van der Waals surface area (Å²) >= 11 is 3.42. The lowest BCUT2D eigenvalue weighted by Crippen LogP contribution is -2.41. The fourth-order valence-electron chi connectivity index (χ4n) is 3.08. The minimum Gasteiger partial charge on any atom is -0.326 e. The fraction of sp³-hybridized carbons (Fsp3) is 0.316. The summed E-state index contributed by atoms with van der Waals surface area (Å²) in [5.41, 5.74) is 1.75. The molecule has 1 N–H and O–H groups in total. The van der Waals surface area contributed by atoms with Gasteiger partial charge in [-0.05, 0) is 67.8 Å². The first kappa shape index (κ1) is 20.0. The third-order valence-electron chi connectivity index (χ3n) is 4.70. The van der Waals surface area contributed by atoms with Gasteiger partial charge in [0.25, 0.3) is 0 Å². The average molecular weight is 455 g/mol. The van der Waals surface area contributed by atoms with Crippen molar-refractivity contribution in [1.29, 1.82) is 0 Å². The van der Waals surface area contributed by atoms with E-state index in [4.69, 9.17) is 0 Å². The van der Waals surface area contributed by atoms with Crippen LogP contribution in [0.5, 0.6) is 0 Å². The number of carbonyl (C=O) groups excluding carboxylic acids is 1. The quantitative estimate of drug-likeness (QED) is 0.760. The number of rotatable bonds is 4. The SMILES string of the molecule is Cc1cc(NC(=O)C2CCN(S(=O)(=O)c3ccc(F)cc3)CC2)ccc1Br. The van der Waals surface area contributed by atoms with Crippen LogP contribution in [-0.4, -0.2) is 31.7 Å². The molecule has 0 saturated carbocycles. The van der Waals surface area contributed by atoms with Gasteiger partial charge in [0, 0.05) is 29.2 Å². The topological polar surface area (TPSA) is 66.5 Å². The van der Waals surface area contributed by atoms with E-state index in [1.165, 1.54) is 16.4 Å². The molecule has 144 valence electrons. The number of piperidine rings is 1. The number of nitrogens with one attached hydrogen (secondary N) is 1. The molecular formula is C19H20BrFN2O3S. The minimum absolute atomic E-state index is 0.0668. The molecule has 0 atom stereocenters. The molecule has 8 heteroatoms. The van der Waals surface area contributed by atoms with Crippen LogP contribution in [0.1, 0.15) is 18.4 Å². The first-order valence-corrected chi connectivity index (χ1v) is 10.8. The van der Waals surface area contributed by atoms with Crippen molar-refractivity contribution in [2.24, 2.45) is 5.92 Å². The van der Waals surface area contributed by atoms with Crippen LogP contribution in [0.4, 0.5) is 10.1 Å². The van der Waals surface area contributed by atoms with Gasteiger partial charge >= 0.3 is 0 Å². The maximum absolute atomic E-state index is 13.0. The van der Waals surface area contributed by atoms with Crippen LogP contribution >= 0.6 is 15.9 Å². The molecule has 5 nitrogen and oxygen atoms in total. The van der Waals surface area contributed by atoms with Gasteiger partial charge < -0.3 is 5.32 Å². The molecule has 1 heterocycles. The summed E-state index contributed by atoms with van der Waals surface area (Å²) in [7, 11) is -3.67. The van der Waals surface area contributed by atoms with Crippen molar-refractivity contribution in [3.05, 3.63) is 58.3 Å². The van der Waals surface area contributed by atoms with Crippen molar-refractivity contribution in [2.45, 2.75) is 24.7 Å². The zero-order chi connectivity index (χ0) is 19.6. The Morgan fingerprint density at radius 3 is 2.37 bits per heavy atom. The molecule has 0 aliphatic carbocycles. The smallest absolute Gasteiger partial charge is 0.243 e. The van der Waals surface area contributed by atoms with Crippen molar-refractivity contribution >= 4 is 37.5 Å². The number of amides is 1. The van der Waals surface area contributed by atoms with E-state index in [1.807, 2.05) is 25.1 Å². The number of carbonyl (C=O) groups is 1. The first-order valence-electron chi connectivity index (χ1n) is 8.60. The maximum atomic E-state index is 13.0. The fourth-order valence-corrected chi connectivity index (χ4v) is 4.80. The van der Waals surface area contributed by atoms with Gasteiger partial charge in [-0.25, -0.2) is 12.8 Å². The molecule has 0 radical (unpaired) electrons. The zero-order valence-electron chi connectivity index (χ0n) is 14.8. The van der Waals surface area contributed by atoms with Gasteiger partial charge in [0.15, 0.2) is 0 Å². The van der Waals surface area contributed by atoms with Crippen LogP contribution in [0.25, 0.3) is 0 Å². The second-order valence-corrected chi connectivity index (χ2v) is 9.38. The highest BCUT2D eigenvalue weighted by Gasteiger charge is 2.32. The highest BCUT2D eigenvalue weighted by atomic mass is 79.9. The zero-order valence-corrected chi connectivity index (χ0v) is 17.2. The van der Waals surface area contributed by atoms with Gasteiger partial charge in [-0.2, -0.15) is 4.31 Å². The first-order chi connectivity index (χ1) is 12.8. The van der Waals surface area contributed by atoms with Crippen LogP contribution in [0.2, 0.25) is 0 Å². The van der Waals surface area contributed by atoms with Crippen LogP contribution < -0.4 is 5.32 Å². The van der Waals surface area contributed by atoms with Gasteiger partial charge in [-0.3, -0.25) is 4.79 Å². The Kier molecular flexibility index (Phi) is 5.98. The Labute approximate surface area is 166 Å². The lowest BCUT2D eigenvalue weighted by atomic mass is 9.97. The van der Waals surface area contributed by atoms with E-state index in [0.29, 0.717) is 12.8 Å². The molecule has 0 spiro atoms. The highest BCUT2D eigenvalue weighted by molar-refractivity contribution is 9.10. The molecule has 0 unspecified atom stereocenters. The van der Waals surface area contributed by atoms with Crippen LogP contribution in [0.15, 0.2) is 51.8 Å². The maximum Gasteiger partial charge on any atom is 0.243 e. The molecule has 2 aromatic carbocycles. The molecular weight excluding hydrogens is 435 g/mol. The average Bonchev–Trinajstić information content (AvgIpc) is 2.65. The largest absolute Gasteiger partial charge is 0.326 e. The second-order valence-electron chi connectivity index (χ2n) is 6.59. The van der Waals surface area contributed by atoms with E-state index in [0.717, 1.165) is 27.9 Å². The number of benzene rings is 2. The van der Waals surface area contributed by atoms with Crippen molar-refractivity contribution in [3.8, 4) is 0 Å². The summed E-state index contributed by atoms with van der Waals surface area (Å²) in [4.78, 5) is 12.6. The second kappa shape index (κ2) is 8.08. The molecule has 3 rings (SSSR count). The molecule has 0 bridgehead atoms. The van der Waals surface area contributed by atoms with E-state index in [-0.39, 0.29) is 29.8 Å². The molecule has 0 aromatic heterocycles. The Balaban J connectivity index is 1.61. The van der Waals surface area contributed by atoms with Gasteiger partial charge in [0.2, 0.25) is 15.9 Å². The number of hydrogen-bond donors (Lipinski definition) is 1. The molecule has 1 aliphatic heterocycles. The summed E-state index contributed by atoms with van der Waals surface area (Å²) in [6, 6.07) is 10.4. The summed E-state index contributed by atoms with van der Waals surface area (Å²) in [5, 5.41) is 2.90. The lowest BCUT2D eigenvalue weighted by molar-refractivity contribution is -0.120. The van der Waals surface area contributed by atoms with E-state index < -0.39 is 15.8 Å². The Bertz CT molecular complexity index is 940. The molecule has 1 saturated heterocycles. The number of sulfonamides is 1. The summed E-state index contributed by atoms with van der Waals surface area (Å²) in [6.45, 7) is 2.47. The number of halogens is 2.